The lowest BCUT2D eigenvalue weighted by atomic mass is 9.82. The van der Waals surface area contributed by atoms with Gasteiger partial charge in [-0.3, -0.25) is 0 Å². The minimum absolute atomic E-state index is 0.463. The molecule has 0 aliphatic rings. The Morgan fingerprint density at radius 3 is 1.77 bits per heavy atom. The Hall–Kier alpha value is -1.34. The predicted molar refractivity (Wildman–Crippen MR) is 142 cm³/mol. The smallest absolute Gasteiger partial charge is 0.00505 e. The Balaban J connectivity index is -0.000000510. The first kappa shape index (κ1) is 33.3. The van der Waals surface area contributed by atoms with Crippen LogP contribution >= 0.6 is 0 Å². The Labute approximate surface area is 191 Å². The molecule has 1 rings (SSSR count). The topological polar surface area (TPSA) is 26.0 Å². The lowest BCUT2D eigenvalue weighted by molar-refractivity contribution is 0.525. The molecule has 0 aliphatic heterocycles. The molecular weight excluding hydrogens is 362 g/mol. The molecule has 2 N–H and O–H groups in total. The largest absolute Gasteiger partial charge is 0.328 e. The van der Waals surface area contributed by atoms with E-state index in [1.165, 1.54) is 50.5 Å². The summed E-state index contributed by atoms with van der Waals surface area (Å²) in [6, 6.07) is 11.5. The maximum Gasteiger partial charge on any atom is 0.00505 e. The molecule has 0 saturated heterocycles. The summed E-state index contributed by atoms with van der Waals surface area (Å²) in [6.07, 6.45) is 12.2. The summed E-state index contributed by atoms with van der Waals surface area (Å²) in [5.41, 5.74) is 8.82. The van der Waals surface area contributed by atoms with E-state index in [1.54, 1.807) is 5.57 Å². The number of benzene rings is 1. The summed E-state index contributed by atoms with van der Waals surface area (Å²) in [4.78, 5) is 0. The second-order valence-corrected chi connectivity index (χ2v) is 7.87. The van der Waals surface area contributed by atoms with Gasteiger partial charge in [-0.1, -0.05) is 117 Å². The molecule has 0 fully saturated rings. The van der Waals surface area contributed by atoms with Crippen molar-refractivity contribution in [1.82, 2.24) is 0 Å². The first-order valence-corrected chi connectivity index (χ1v) is 12.5. The first-order valence-electron chi connectivity index (χ1n) is 12.5. The van der Waals surface area contributed by atoms with Gasteiger partial charge in [0.2, 0.25) is 0 Å². The molecule has 0 radical (unpaired) electrons. The average molecular weight is 418 g/mol. The molecule has 0 saturated carbocycles. The molecule has 0 bridgehead atoms. The molecular formula is C29H55N. The summed E-state index contributed by atoms with van der Waals surface area (Å²) >= 11 is 0. The molecule has 30 heavy (non-hydrogen) atoms. The molecule has 1 unspecified atom stereocenters. The van der Waals surface area contributed by atoms with Gasteiger partial charge >= 0.3 is 0 Å². The zero-order valence-electron chi connectivity index (χ0n) is 21.8. The van der Waals surface area contributed by atoms with E-state index in [4.69, 9.17) is 5.73 Å². The fraction of sp³-hybridized carbons (Fsp3) is 0.655. The summed E-state index contributed by atoms with van der Waals surface area (Å²) in [6.45, 7) is 23.5. The molecule has 0 aromatic heterocycles. The van der Waals surface area contributed by atoms with Gasteiger partial charge in [-0.2, -0.15) is 0 Å². The van der Waals surface area contributed by atoms with E-state index in [0.29, 0.717) is 12.0 Å². The zero-order chi connectivity index (χ0) is 23.8. The van der Waals surface area contributed by atoms with Gasteiger partial charge in [0.1, 0.15) is 0 Å². The highest BCUT2D eigenvalue weighted by Crippen LogP contribution is 2.33. The molecule has 176 valence electrons. The minimum atomic E-state index is 0.463. The van der Waals surface area contributed by atoms with Crippen molar-refractivity contribution in [3.8, 4) is 0 Å². The van der Waals surface area contributed by atoms with Crippen molar-refractivity contribution < 1.29 is 0 Å². The second kappa shape index (κ2) is 25.7. The highest BCUT2D eigenvalue weighted by atomic mass is 14.6. The third-order valence-corrected chi connectivity index (χ3v) is 4.68. The van der Waals surface area contributed by atoms with Crippen LogP contribution in [-0.4, -0.2) is 6.04 Å². The Bertz CT molecular complexity index is 455. The monoisotopic (exact) mass is 417 g/mol. The highest BCUT2D eigenvalue weighted by molar-refractivity contribution is 5.29. The van der Waals surface area contributed by atoms with Crippen LogP contribution < -0.4 is 5.73 Å². The van der Waals surface area contributed by atoms with Crippen LogP contribution in [0.1, 0.15) is 118 Å². The van der Waals surface area contributed by atoms with E-state index in [-0.39, 0.29) is 0 Å². The van der Waals surface area contributed by atoms with Crippen LogP contribution in [0.25, 0.3) is 0 Å². The quantitative estimate of drug-likeness (QED) is 0.356. The van der Waals surface area contributed by atoms with Crippen molar-refractivity contribution in [1.29, 1.82) is 0 Å². The Morgan fingerprint density at radius 2 is 1.40 bits per heavy atom. The Kier molecular flexibility index (Phi) is 28.5. The van der Waals surface area contributed by atoms with Crippen molar-refractivity contribution in [2.45, 2.75) is 119 Å². The normalized spacial score (nSPS) is 11.5. The maximum absolute atomic E-state index is 5.69. The standard InChI is InChI=1S/C18H28.C7H17N.C2H6.C2H4/c1-5-10-16(11-6-2)18(14-15(3)4)17-12-8-7-9-13-17;1-3-5-7(8)6-4-2;2*1-2/h7-10,12-13,15,18H,5-6,11,14H2,1-4H3;7H,3-6,8H2,1-2H3;1-2H3;1-2H2/b16-10+;;;. The highest BCUT2D eigenvalue weighted by Gasteiger charge is 2.17. The number of allylic oxidation sites excluding steroid dienone is 2. The van der Waals surface area contributed by atoms with Crippen molar-refractivity contribution in [3.05, 3.63) is 60.7 Å². The molecule has 0 heterocycles. The van der Waals surface area contributed by atoms with Crippen LogP contribution in [0.3, 0.4) is 0 Å². The fourth-order valence-corrected chi connectivity index (χ4v) is 3.51. The summed E-state index contributed by atoms with van der Waals surface area (Å²) in [7, 11) is 0. The molecule has 1 atom stereocenters. The van der Waals surface area contributed by atoms with Gasteiger partial charge in [-0.05, 0) is 43.6 Å². The average Bonchev–Trinajstić information content (AvgIpc) is 2.76. The van der Waals surface area contributed by atoms with E-state index >= 15 is 0 Å². The summed E-state index contributed by atoms with van der Waals surface area (Å²) in [5, 5.41) is 0. The number of rotatable bonds is 11. The number of hydrogen-bond donors (Lipinski definition) is 1. The first-order chi connectivity index (χ1) is 14.5. The fourth-order valence-electron chi connectivity index (χ4n) is 3.51. The summed E-state index contributed by atoms with van der Waals surface area (Å²) in [5.74, 6) is 1.36. The van der Waals surface area contributed by atoms with Crippen molar-refractivity contribution >= 4 is 0 Å². The van der Waals surface area contributed by atoms with Crippen molar-refractivity contribution in [3.63, 3.8) is 0 Å². The van der Waals surface area contributed by atoms with Crippen LogP contribution in [0.15, 0.2) is 55.1 Å². The van der Waals surface area contributed by atoms with Crippen molar-refractivity contribution in [2.24, 2.45) is 11.7 Å². The zero-order valence-corrected chi connectivity index (χ0v) is 21.8. The predicted octanol–water partition coefficient (Wildman–Crippen LogP) is 9.70. The van der Waals surface area contributed by atoms with E-state index in [9.17, 15) is 0 Å². The van der Waals surface area contributed by atoms with Gasteiger partial charge in [0.15, 0.2) is 0 Å². The Morgan fingerprint density at radius 1 is 0.900 bits per heavy atom. The maximum atomic E-state index is 5.69. The lowest BCUT2D eigenvalue weighted by Gasteiger charge is -2.23. The third-order valence-electron chi connectivity index (χ3n) is 4.68. The molecule has 0 amide bonds. The van der Waals surface area contributed by atoms with Gasteiger partial charge in [0, 0.05) is 12.0 Å². The van der Waals surface area contributed by atoms with Gasteiger partial charge in [0.25, 0.3) is 0 Å². The molecule has 1 aromatic rings. The molecule has 0 aliphatic carbocycles. The van der Waals surface area contributed by atoms with E-state index in [2.05, 4.69) is 91.1 Å². The van der Waals surface area contributed by atoms with Crippen LogP contribution in [0.5, 0.6) is 0 Å². The second-order valence-electron chi connectivity index (χ2n) is 7.87. The van der Waals surface area contributed by atoms with Crippen molar-refractivity contribution in [2.75, 3.05) is 0 Å². The summed E-state index contributed by atoms with van der Waals surface area (Å²) < 4.78 is 0. The van der Waals surface area contributed by atoms with Crippen LogP contribution in [0, 0.1) is 5.92 Å². The van der Waals surface area contributed by atoms with E-state index in [0.717, 1.165) is 12.3 Å². The molecule has 1 nitrogen and oxygen atoms in total. The van der Waals surface area contributed by atoms with Gasteiger partial charge in [0.05, 0.1) is 0 Å². The van der Waals surface area contributed by atoms with Gasteiger partial charge < -0.3 is 5.73 Å². The van der Waals surface area contributed by atoms with E-state index in [1.807, 2.05) is 13.8 Å². The van der Waals surface area contributed by atoms with Crippen LogP contribution in [0.2, 0.25) is 0 Å². The number of nitrogens with two attached hydrogens (primary N) is 1. The van der Waals surface area contributed by atoms with Crippen LogP contribution in [-0.2, 0) is 0 Å². The van der Waals surface area contributed by atoms with E-state index < -0.39 is 0 Å². The number of hydrogen-bond acceptors (Lipinski definition) is 1. The lowest BCUT2D eigenvalue weighted by Crippen LogP contribution is -2.18. The third kappa shape index (κ3) is 18.7. The SMILES string of the molecule is C=C.CC.CC/C=C(\CCC)C(CC(C)C)c1ccccc1.CCCC(N)CCC. The van der Waals surface area contributed by atoms with Gasteiger partial charge in [-0.15, -0.1) is 13.2 Å². The molecule has 0 spiro atoms. The van der Waals surface area contributed by atoms with Gasteiger partial charge in [-0.25, -0.2) is 0 Å². The molecule has 1 heteroatoms. The van der Waals surface area contributed by atoms with Crippen LogP contribution in [0.4, 0.5) is 0 Å². The molecule has 1 aromatic carbocycles. The minimum Gasteiger partial charge on any atom is -0.328 e.